The summed E-state index contributed by atoms with van der Waals surface area (Å²) in [5.74, 6) is 3.52. The molecule has 6 rings (SSSR count). The van der Waals surface area contributed by atoms with E-state index in [9.17, 15) is 4.79 Å². The highest BCUT2D eigenvalue weighted by molar-refractivity contribution is 6.31. The fourth-order valence-corrected chi connectivity index (χ4v) is 6.25. The van der Waals surface area contributed by atoms with Crippen molar-refractivity contribution in [3.8, 4) is 28.9 Å². The van der Waals surface area contributed by atoms with Crippen molar-refractivity contribution in [1.82, 2.24) is 14.8 Å². The molecule has 4 aromatic carbocycles. The third-order valence-corrected chi connectivity index (χ3v) is 9.37. The minimum Gasteiger partial charge on any atom is -0.497 e. The minimum atomic E-state index is 0.0255. The molecular weight excluding hydrogens is 674 g/mol. The molecule has 0 atom stereocenters. The molecule has 0 saturated carbocycles. The Morgan fingerprint density at radius 1 is 0.808 bits per heavy atom. The van der Waals surface area contributed by atoms with Crippen LogP contribution in [0.1, 0.15) is 33.4 Å². The van der Waals surface area contributed by atoms with Gasteiger partial charge in [0.05, 0.1) is 19.9 Å². The number of hydrogen-bond donors (Lipinski definition) is 0. The van der Waals surface area contributed by atoms with Crippen molar-refractivity contribution in [1.29, 1.82) is 0 Å². The van der Waals surface area contributed by atoms with Crippen LogP contribution in [0, 0.1) is 13.8 Å². The fraction of sp³-hybridized carbons (Fsp3) is 0.256. The van der Waals surface area contributed by atoms with Crippen LogP contribution < -0.4 is 18.9 Å². The fourth-order valence-electron chi connectivity index (χ4n) is 6.06. The number of carbonyl (C=O) groups is 1. The molecule has 5 aromatic rings. The Labute approximate surface area is 311 Å². The van der Waals surface area contributed by atoms with Crippen molar-refractivity contribution in [3.63, 3.8) is 0 Å². The summed E-state index contributed by atoms with van der Waals surface area (Å²) < 4.78 is 23.1. The summed E-state index contributed by atoms with van der Waals surface area (Å²) in [4.78, 5) is 21.8. The van der Waals surface area contributed by atoms with Crippen molar-refractivity contribution in [3.05, 3.63) is 148 Å². The zero-order chi connectivity index (χ0) is 36.3. The van der Waals surface area contributed by atoms with Gasteiger partial charge in [0.25, 0.3) is 0 Å². The molecule has 2 heterocycles. The van der Waals surface area contributed by atoms with E-state index in [1.165, 1.54) is 11.1 Å². The molecule has 0 unspecified atom stereocenters. The van der Waals surface area contributed by atoms with Crippen LogP contribution in [0.5, 0.6) is 28.9 Å². The highest BCUT2D eigenvalue weighted by atomic mass is 35.5. The van der Waals surface area contributed by atoms with Gasteiger partial charge in [-0.3, -0.25) is 9.69 Å². The van der Waals surface area contributed by atoms with E-state index < -0.39 is 0 Å². The lowest BCUT2D eigenvalue weighted by Gasteiger charge is -2.34. The maximum absolute atomic E-state index is 13.1. The Morgan fingerprint density at radius 2 is 1.48 bits per heavy atom. The summed E-state index contributed by atoms with van der Waals surface area (Å²) in [6.07, 6.45) is 6.03. The Morgan fingerprint density at radius 3 is 2.15 bits per heavy atom. The second-order valence-corrected chi connectivity index (χ2v) is 13.2. The number of pyridine rings is 1. The lowest BCUT2D eigenvalue weighted by Crippen LogP contribution is -2.47. The van der Waals surface area contributed by atoms with Gasteiger partial charge in [-0.1, -0.05) is 54.1 Å². The predicted molar refractivity (Wildman–Crippen MR) is 206 cm³/mol. The van der Waals surface area contributed by atoms with Gasteiger partial charge in [0.15, 0.2) is 0 Å². The first-order valence-electron chi connectivity index (χ1n) is 17.5. The number of aryl methyl sites for hydroxylation is 2. The molecule has 268 valence electrons. The second kappa shape index (κ2) is 17.8. The van der Waals surface area contributed by atoms with Crippen LogP contribution in [0.25, 0.3) is 6.08 Å². The van der Waals surface area contributed by atoms with Gasteiger partial charge >= 0.3 is 0 Å². The molecule has 0 spiro atoms. The highest BCUT2D eigenvalue weighted by Gasteiger charge is 2.20. The highest BCUT2D eigenvalue weighted by Crippen LogP contribution is 2.30. The molecule has 1 aliphatic rings. The minimum absolute atomic E-state index is 0.0255. The number of nitrogens with zero attached hydrogens (tertiary/aromatic N) is 3. The zero-order valence-corrected chi connectivity index (χ0v) is 30.6. The lowest BCUT2D eigenvalue weighted by molar-refractivity contribution is -0.127. The van der Waals surface area contributed by atoms with E-state index in [2.05, 4.69) is 34.1 Å². The van der Waals surface area contributed by atoms with Crippen LogP contribution in [0.3, 0.4) is 0 Å². The first-order chi connectivity index (χ1) is 25.3. The normalized spacial score (nSPS) is 13.3. The molecule has 1 aliphatic heterocycles. The number of hydrogen-bond acceptors (Lipinski definition) is 7. The quantitative estimate of drug-likeness (QED) is 0.106. The van der Waals surface area contributed by atoms with E-state index in [1.807, 2.05) is 91.6 Å². The first-order valence-corrected chi connectivity index (χ1v) is 17.9. The number of ether oxygens (including phenoxy) is 4. The summed E-state index contributed by atoms with van der Waals surface area (Å²) in [7, 11) is 1.66. The first kappa shape index (κ1) is 36.5. The van der Waals surface area contributed by atoms with Gasteiger partial charge in [-0.15, -0.1) is 0 Å². The second-order valence-electron chi connectivity index (χ2n) is 12.8. The molecule has 0 bridgehead atoms. The lowest BCUT2D eigenvalue weighted by atomic mass is 10.1. The Hall–Kier alpha value is -5.31. The van der Waals surface area contributed by atoms with E-state index >= 15 is 0 Å². The van der Waals surface area contributed by atoms with E-state index in [0.29, 0.717) is 43.0 Å². The van der Waals surface area contributed by atoms with Crippen molar-refractivity contribution in [2.24, 2.45) is 0 Å². The summed E-state index contributed by atoms with van der Waals surface area (Å²) in [6, 6.07) is 31.6. The molecule has 9 heteroatoms. The van der Waals surface area contributed by atoms with Gasteiger partial charge in [-0.2, -0.15) is 0 Å². The molecule has 1 aromatic heterocycles. The molecule has 8 nitrogen and oxygen atoms in total. The predicted octanol–water partition coefficient (Wildman–Crippen LogP) is 8.71. The third kappa shape index (κ3) is 10.1. The van der Waals surface area contributed by atoms with E-state index in [-0.39, 0.29) is 5.91 Å². The van der Waals surface area contributed by atoms with Gasteiger partial charge < -0.3 is 23.8 Å². The van der Waals surface area contributed by atoms with Crippen LogP contribution in [0.15, 0.2) is 109 Å². The van der Waals surface area contributed by atoms with Crippen LogP contribution in [0.2, 0.25) is 5.02 Å². The Kier molecular flexibility index (Phi) is 12.5. The zero-order valence-electron chi connectivity index (χ0n) is 29.9. The molecule has 52 heavy (non-hydrogen) atoms. The average molecular weight is 718 g/mol. The summed E-state index contributed by atoms with van der Waals surface area (Å²) in [5.41, 5.74) is 6.28. The molecule has 1 saturated heterocycles. The van der Waals surface area contributed by atoms with Crippen molar-refractivity contribution < 1.29 is 23.7 Å². The number of methoxy groups -OCH3 is 1. The number of halogens is 1. The Balaban J connectivity index is 0.929. The largest absolute Gasteiger partial charge is 0.497 e. The van der Waals surface area contributed by atoms with Crippen LogP contribution in [-0.2, 0) is 24.4 Å². The molecule has 1 fully saturated rings. The molecule has 0 aliphatic carbocycles. The number of amides is 1. The van der Waals surface area contributed by atoms with Crippen LogP contribution in [-0.4, -0.2) is 60.6 Å². The number of piperazine rings is 1. The smallest absolute Gasteiger partial charge is 0.246 e. The number of rotatable bonds is 14. The van der Waals surface area contributed by atoms with E-state index in [1.54, 1.807) is 25.4 Å². The monoisotopic (exact) mass is 717 g/mol. The Bertz CT molecular complexity index is 1930. The number of carbonyl (C=O) groups excluding carboxylic acids is 1. The molecular formula is C43H44ClN3O5. The summed E-state index contributed by atoms with van der Waals surface area (Å²) in [5, 5.41) is 0.668. The maximum Gasteiger partial charge on any atom is 0.246 e. The van der Waals surface area contributed by atoms with Gasteiger partial charge in [0, 0.05) is 61.9 Å². The SMILES string of the molecule is COc1ccc(OCCc2ccc(CN3CCN(C(=O)/C=C/c4cc(C)c(Oc5ccc(OCc6ccccc6Cl)cn5)c(C)c4)CC3)cc2)cc1. The standard InChI is InChI=1S/C43H44ClN3O5/c1-31-26-35(27-32(2)43(31)52-41-18-17-39(28-45-41)51-30-36-6-4-5-7-40(36)44)12-19-42(48)47-23-21-46(22-24-47)29-34-10-8-33(9-11-34)20-25-50-38-15-13-37(49-3)14-16-38/h4-19,26-28H,20-25,29-30H2,1-3H3/b19-12+. The van der Waals surface area contributed by atoms with E-state index in [0.717, 1.165) is 65.6 Å². The van der Waals surface area contributed by atoms with Crippen molar-refractivity contribution in [2.45, 2.75) is 33.4 Å². The summed E-state index contributed by atoms with van der Waals surface area (Å²) in [6.45, 7) is 8.90. The number of benzene rings is 4. The van der Waals surface area contributed by atoms with Gasteiger partial charge in [-0.25, -0.2) is 4.98 Å². The van der Waals surface area contributed by atoms with Gasteiger partial charge in [0.1, 0.15) is 29.6 Å². The van der Waals surface area contributed by atoms with Crippen molar-refractivity contribution in [2.75, 3.05) is 39.9 Å². The molecule has 0 radical (unpaired) electrons. The number of aromatic nitrogens is 1. The summed E-state index contributed by atoms with van der Waals surface area (Å²) >= 11 is 6.23. The van der Waals surface area contributed by atoms with Crippen LogP contribution in [0.4, 0.5) is 0 Å². The van der Waals surface area contributed by atoms with Crippen LogP contribution >= 0.6 is 11.6 Å². The maximum atomic E-state index is 13.1. The van der Waals surface area contributed by atoms with Gasteiger partial charge in [-0.05, 0) is 96.3 Å². The molecule has 1 amide bonds. The third-order valence-electron chi connectivity index (χ3n) is 9.00. The average Bonchev–Trinajstić information content (AvgIpc) is 3.17. The van der Waals surface area contributed by atoms with Gasteiger partial charge in [0.2, 0.25) is 11.8 Å². The van der Waals surface area contributed by atoms with E-state index in [4.69, 9.17) is 30.5 Å². The molecule has 0 N–H and O–H groups in total. The van der Waals surface area contributed by atoms with Crippen molar-refractivity contribution >= 4 is 23.6 Å². The topological polar surface area (TPSA) is 73.4 Å².